The van der Waals surface area contributed by atoms with Gasteiger partial charge in [-0.1, -0.05) is 25.7 Å². The number of amides is 1. The fourth-order valence-electron chi connectivity index (χ4n) is 3.48. The number of hydrogen-bond donors (Lipinski definition) is 1. The zero-order valence-electron chi connectivity index (χ0n) is 13.7. The summed E-state index contributed by atoms with van der Waals surface area (Å²) in [5.74, 6) is 0.836. The molecule has 2 aliphatic carbocycles. The number of aromatic nitrogens is 2. The molecule has 134 valence electrons. The first kappa shape index (κ1) is 17.3. The van der Waals surface area contributed by atoms with Gasteiger partial charge in [-0.2, -0.15) is 18.3 Å². The van der Waals surface area contributed by atoms with E-state index in [2.05, 4.69) is 10.4 Å². The third-order valence-corrected chi connectivity index (χ3v) is 5.00. The summed E-state index contributed by atoms with van der Waals surface area (Å²) in [6.45, 7) is 0.610. The van der Waals surface area contributed by atoms with Gasteiger partial charge in [0.15, 0.2) is 5.69 Å². The quantitative estimate of drug-likeness (QED) is 0.817. The second kappa shape index (κ2) is 7.15. The lowest BCUT2D eigenvalue weighted by atomic mass is 10.0. The van der Waals surface area contributed by atoms with Crippen LogP contribution in [-0.2, 0) is 17.5 Å². The van der Waals surface area contributed by atoms with Crippen LogP contribution in [0.2, 0.25) is 0 Å². The summed E-state index contributed by atoms with van der Waals surface area (Å²) < 4.78 is 39.9. The summed E-state index contributed by atoms with van der Waals surface area (Å²) >= 11 is 0. The molecule has 0 saturated heterocycles. The Labute approximate surface area is 139 Å². The molecule has 0 bridgehead atoms. The summed E-state index contributed by atoms with van der Waals surface area (Å²) in [7, 11) is 0. The van der Waals surface area contributed by atoms with Gasteiger partial charge in [0.2, 0.25) is 5.91 Å². The van der Waals surface area contributed by atoms with Crippen LogP contribution < -0.4 is 5.32 Å². The molecule has 1 N–H and O–H groups in total. The van der Waals surface area contributed by atoms with Crippen LogP contribution in [0.3, 0.4) is 0 Å². The predicted octanol–water partition coefficient (Wildman–Crippen LogP) is 3.87. The third kappa shape index (κ3) is 4.51. The van der Waals surface area contributed by atoms with E-state index in [9.17, 15) is 18.0 Å². The number of carbonyl (C=O) groups excluding carboxylic acids is 1. The lowest BCUT2D eigenvalue weighted by Gasteiger charge is -2.10. The molecule has 0 spiro atoms. The molecule has 0 radical (unpaired) electrons. The fraction of sp³-hybridized carbons (Fsp3) is 0.765. The maximum Gasteiger partial charge on any atom is 0.435 e. The third-order valence-electron chi connectivity index (χ3n) is 5.00. The zero-order chi connectivity index (χ0) is 17.2. The van der Waals surface area contributed by atoms with Crippen molar-refractivity contribution in [3.63, 3.8) is 0 Å². The van der Waals surface area contributed by atoms with E-state index in [4.69, 9.17) is 0 Å². The van der Waals surface area contributed by atoms with Crippen LogP contribution in [0.15, 0.2) is 6.07 Å². The van der Waals surface area contributed by atoms with Crippen molar-refractivity contribution in [2.75, 3.05) is 6.54 Å². The minimum Gasteiger partial charge on any atom is -0.354 e. The number of nitrogens with zero attached hydrogens (tertiary/aromatic N) is 2. The Bertz CT molecular complexity index is 572. The van der Waals surface area contributed by atoms with E-state index in [1.165, 1.54) is 30.4 Å². The predicted molar refractivity (Wildman–Crippen MR) is 83.4 cm³/mol. The Balaban J connectivity index is 1.47. The maximum absolute atomic E-state index is 12.8. The lowest BCUT2D eigenvalue weighted by Crippen LogP contribution is -2.28. The molecule has 24 heavy (non-hydrogen) atoms. The smallest absolute Gasteiger partial charge is 0.354 e. The van der Waals surface area contributed by atoms with Gasteiger partial charge in [0, 0.05) is 24.6 Å². The average molecular weight is 343 g/mol. The molecular weight excluding hydrogens is 319 g/mol. The van der Waals surface area contributed by atoms with Crippen LogP contribution >= 0.6 is 0 Å². The first-order valence-electron chi connectivity index (χ1n) is 8.85. The van der Waals surface area contributed by atoms with E-state index < -0.39 is 11.9 Å². The van der Waals surface area contributed by atoms with Crippen LogP contribution in [0, 0.1) is 5.92 Å². The van der Waals surface area contributed by atoms with Gasteiger partial charge in [-0.15, -0.1) is 0 Å². The van der Waals surface area contributed by atoms with Crippen molar-refractivity contribution in [2.24, 2.45) is 5.92 Å². The Morgan fingerprint density at radius 3 is 2.58 bits per heavy atom. The lowest BCUT2D eigenvalue weighted by molar-refractivity contribution is -0.141. The van der Waals surface area contributed by atoms with E-state index in [-0.39, 0.29) is 18.4 Å². The molecule has 0 aliphatic heterocycles. The SMILES string of the molecule is O=C(CCC1CCCC1)NCCn1nc(C(F)(F)F)cc1C1CC1. The van der Waals surface area contributed by atoms with E-state index in [1.54, 1.807) is 0 Å². The maximum atomic E-state index is 12.8. The normalized spacial score (nSPS) is 19.0. The van der Waals surface area contributed by atoms with Crippen LogP contribution in [0.5, 0.6) is 0 Å². The van der Waals surface area contributed by atoms with E-state index >= 15 is 0 Å². The molecule has 0 unspecified atom stereocenters. The highest BCUT2D eigenvalue weighted by molar-refractivity contribution is 5.75. The minimum atomic E-state index is -4.42. The summed E-state index contributed by atoms with van der Waals surface area (Å²) in [4.78, 5) is 11.9. The van der Waals surface area contributed by atoms with E-state index in [0.717, 1.165) is 25.3 Å². The molecule has 0 aromatic carbocycles. The van der Waals surface area contributed by atoms with Crippen molar-refractivity contribution >= 4 is 5.91 Å². The Morgan fingerprint density at radius 1 is 1.25 bits per heavy atom. The minimum absolute atomic E-state index is 0.0157. The van der Waals surface area contributed by atoms with Gasteiger partial charge in [-0.05, 0) is 31.2 Å². The largest absolute Gasteiger partial charge is 0.435 e. The highest BCUT2D eigenvalue weighted by Gasteiger charge is 2.37. The van der Waals surface area contributed by atoms with Gasteiger partial charge in [-0.25, -0.2) is 0 Å². The molecule has 1 amide bonds. The fourth-order valence-corrected chi connectivity index (χ4v) is 3.48. The molecule has 2 saturated carbocycles. The molecule has 7 heteroatoms. The Morgan fingerprint density at radius 2 is 1.96 bits per heavy atom. The van der Waals surface area contributed by atoms with Crippen LogP contribution in [0.4, 0.5) is 13.2 Å². The molecule has 2 fully saturated rings. The number of hydrogen-bond acceptors (Lipinski definition) is 2. The van der Waals surface area contributed by atoms with Gasteiger partial charge in [0.05, 0.1) is 6.54 Å². The molecule has 0 atom stereocenters. The zero-order valence-corrected chi connectivity index (χ0v) is 13.7. The van der Waals surface area contributed by atoms with Crippen molar-refractivity contribution in [1.82, 2.24) is 15.1 Å². The number of halogens is 3. The first-order chi connectivity index (χ1) is 11.4. The molecule has 1 aromatic rings. The summed E-state index contributed by atoms with van der Waals surface area (Å²) in [5.41, 5.74) is -0.195. The highest BCUT2D eigenvalue weighted by atomic mass is 19.4. The number of alkyl halides is 3. The molecule has 2 aliphatic rings. The topological polar surface area (TPSA) is 46.9 Å². The highest BCUT2D eigenvalue weighted by Crippen LogP contribution is 2.42. The van der Waals surface area contributed by atoms with Gasteiger partial charge in [-0.3, -0.25) is 9.48 Å². The molecule has 4 nitrogen and oxygen atoms in total. The van der Waals surface area contributed by atoms with Crippen LogP contribution in [0.1, 0.15) is 68.7 Å². The molecule has 1 heterocycles. The molecular formula is C17H24F3N3O. The van der Waals surface area contributed by atoms with Gasteiger partial charge in [0.25, 0.3) is 0 Å². The van der Waals surface area contributed by atoms with Gasteiger partial charge in [0.1, 0.15) is 0 Å². The number of rotatable bonds is 7. The standard InChI is InChI=1S/C17H24F3N3O/c18-17(19,20)15-11-14(13-6-7-13)23(22-15)10-9-21-16(24)8-5-12-3-1-2-4-12/h11-13H,1-10H2,(H,21,24). The monoisotopic (exact) mass is 343 g/mol. The van der Waals surface area contributed by atoms with Crippen molar-refractivity contribution in [3.05, 3.63) is 17.5 Å². The second-order valence-electron chi connectivity index (χ2n) is 6.99. The van der Waals surface area contributed by atoms with Crippen LogP contribution in [-0.4, -0.2) is 22.2 Å². The van der Waals surface area contributed by atoms with E-state index in [1.807, 2.05) is 0 Å². The van der Waals surface area contributed by atoms with E-state index in [0.29, 0.717) is 24.6 Å². The van der Waals surface area contributed by atoms with Crippen molar-refractivity contribution in [2.45, 2.75) is 70.0 Å². The summed E-state index contributed by atoms with van der Waals surface area (Å²) in [6.07, 6.45) is 3.78. The Hall–Kier alpha value is -1.53. The number of nitrogens with one attached hydrogen (secondary N) is 1. The van der Waals surface area contributed by atoms with Crippen molar-refractivity contribution in [1.29, 1.82) is 0 Å². The average Bonchev–Trinajstić information content (AvgIpc) is 3.06. The molecule has 3 rings (SSSR count). The molecule has 1 aromatic heterocycles. The van der Waals surface area contributed by atoms with Gasteiger partial charge >= 0.3 is 6.18 Å². The van der Waals surface area contributed by atoms with Crippen LogP contribution in [0.25, 0.3) is 0 Å². The first-order valence-corrected chi connectivity index (χ1v) is 8.85. The number of carbonyl (C=O) groups is 1. The van der Waals surface area contributed by atoms with Crippen molar-refractivity contribution < 1.29 is 18.0 Å². The van der Waals surface area contributed by atoms with Crippen molar-refractivity contribution in [3.8, 4) is 0 Å². The summed E-state index contributed by atoms with van der Waals surface area (Å²) in [6, 6.07) is 1.15. The van der Waals surface area contributed by atoms with Gasteiger partial charge < -0.3 is 5.32 Å². The second-order valence-corrected chi connectivity index (χ2v) is 6.99. The summed E-state index contributed by atoms with van der Waals surface area (Å²) in [5, 5.41) is 6.50. The Kier molecular flexibility index (Phi) is 5.15.